The standard InChI is InChI=1S/C28H32N2O5/c31-25(29-24-13-6-5-12-22(24)26(32)33)16-28(14-7-15-28)30-27(34)35-17-23-20-10-3-1-8-18(20)19-9-2-4-11-21(19)23/h1-4,8-11,22-24H,5-7,12-17H2,(H,29,31)(H,30,34)(H,32,33). The Labute approximate surface area is 205 Å². The topological polar surface area (TPSA) is 105 Å². The zero-order valence-corrected chi connectivity index (χ0v) is 19.8. The Morgan fingerprint density at radius 3 is 2.14 bits per heavy atom. The van der Waals surface area contributed by atoms with Gasteiger partial charge in [0.2, 0.25) is 5.91 Å². The summed E-state index contributed by atoms with van der Waals surface area (Å²) >= 11 is 0. The third-order valence-corrected chi connectivity index (χ3v) is 7.95. The van der Waals surface area contributed by atoms with Crippen LogP contribution in [0, 0.1) is 5.92 Å². The molecule has 2 aromatic rings. The van der Waals surface area contributed by atoms with Crippen LogP contribution in [-0.4, -0.2) is 41.3 Å². The molecule has 0 bridgehead atoms. The lowest BCUT2D eigenvalue weighted by atomic mass is 9.74. The summed E-state index contributed by atoms with van der Waals surface area (Å²) in [6.45, 7) is 0.227. The number of benzene rings is 2. The predicted octanol–water partition coefficient (Wildman–Crippen LogP) is 4.60. The number of aliphatic carboxylic acids is 1. The van der Waals surface area contributed by atoms with E-state index in [9.17, 15) is 19.5 Å². The molecule has 184 valence electrons. The molecule has 3 N–H and O–H groups in total. The van der Waals surface area contributed by atoms with Crippen molar-refractivity contribution in [2.75, 3.05) is 6.61 Å². The molecule has 2 aromatic carbocycles. The van der Waals surface area contributed by atoms with Gasteiger partial charge in [-0.15, -0.1) is 0 Å². The van der Waals surface area contributed by atoms with Gasteiger partial charge in [-0.1, -0.05) is 61.4 Å². The number of carbonyl (C=O) groups is 3. The minimum Gasteiger partial charge on any atom is -0.481 e. The van der Waals surface area contributed by atoms with Gasteiger partial charge < -0.3 is 20.5 Å². The maximum absolute atomic E-state index is 12.8. The molecule has 2 amide bonds. The van der Waals surface area contributed by atoms with Gasteiger partial charge in [-0.05, 0) is 54.4 Å². The van der Waals surface area contributed by atoms with Crippen molar-refractivity contribution in [3.8, 4) is 11.1 Å². The molecule has 5 rings (SSSR count). The lowest BCUT2D eigenvalue weighted by Crippen LogP contribution is -2.57. The number of alkyl carbamates (subject to hydrolysis) is 1. The highest BCUT2D eigenvalue weighted by Crippen LogP contribution is 2.44. The number of fused-ring (bicyclic) bond motifs is 3. The van der Waals surface area contributed by atoms with Gasteiger partial charge in [0.05, 0.1) is 11.5 Å². The average Bonchev–Trinajstić information content (AvgIpc) is 3.15. The third-order valence-electron chi connectivity index (χ3n) is 7.95. The van der Waals surface area contributed by atoms with Crippen molar-refractivity contribution in [1.82, 2.24) is 10.6 Å². The fourth-order valence-corrected chi connectivity index (χ4v) is 5.96. The quantitative estimate of drug-likeness (QED) is 0.542. The van der Waals surface area contributed by atoms with E-state index in [-0.39, 0.29) is 30.9 Å². The van der Waals surface area contributed by atoms with Gasteiger partial charge in [0.1, 0.15) is 6.61 Å². The van der Waals surface area contributed by atoms with Crippen molar-refractivity contribution >= 4 is 18.0 Å². The smallest absolute Gasteiger partial charge is 0.407 e. The van der Waals surface area contributed by atoms with E-state index in [1.165, 1.54) is 11.1 Å². The van der Waals surface area contributed by atoms with Gasteiger partial charge in [0.25, 0.3) is 0 Å². The van der Waals surface area contributed by atoms with Crippen LogP contribution >= 0.6 is 0 Å². The van der Waals surface area contributed by atoms with Crippen LogP contribution in [0.1, 0.15) is 68.4 Å². The Hall–Kier alpha value is -3.35. The fourth-order valence-electron chi connectivity index (χ4n) is 5.96. The van der Waals surface area contributed by atoms with E-state index in [1.807, 2.05) is 24.3 Å². The summed E-state index contributed by atoms with van der Waals surface area (Å²) in [5.41, 5.74) is 4.03. The number of carboxylic acids is 1. The average molecular weight is 477 g/mol. The van der Waals surface area contributed by atoms with Crippen LogP contribution in [0.4, 0.5) is 4.79 Å². The van der Waals surface area contributed by atoms with Crippen LogP contribution in [0.5, 0.6) is 0 Å². The molecule has 35 heavy (non-hydrogen) atoms. The van der Waals surface area contributed by atoms with Crippen molar-refractivity contribution in [2.24, 2.45) is 5.92 Å². The number of hydrogen-bond acceptors (Lipinski definition) is 4. The molecule has 3 aliphatic carbocycles. The second-order valence-electron chi connectivity index (χ2n) is 10.2. The first kappa shape index (κ1) is 23.4. The molecule has 2 unspecified atom stereocenters. The molecule has 2 fully saturated rings. The van der Waals surface area contributed by atoms with E-state index in [2.05, 4.69) is 34.9 Å². The summed E-state index contributed by atoms with van der Waals surface area (Å²) in [6.07, 6.45) is 5.02. The Bertz CT molecular complexity index is 1080. The second-order valence-corrected chi connectivity index (χ2v) is 10.2. The van der Waals surface area contributed by atoms with E-state index < -0.39 is 23.5 Å². The van der Waals surface area contributed by atoms with Crippen LogP contribution < -0.4 is 10.6 Å². The van der Waals surface area contributed by atoms with Gasteiger partial charge in [-0.3, -0.25) is 9.59 Å². The Morgan fingerprint density at radius 1 is 0.914 bits per heavy atom. The number of carboxylic acid groups (broad SMARTS) is 1. The molecular formula is C28H32N2O5. The summed E-state index contributed by atoms with van der Waals surface area (Å²) in [5, 5.41) is 15.4. The summed E-state index contributed by atoms with van der Waals surface area (Å²) in [6, 6.07) is 16.0. The largest absolute Gasteiger partial charge is 0.481 e. The van der Waals surface area contributed by atoms with Crippen LogP contribution in [0.2, 0.25) is 0 Å². The van der Waals surface area contributed by atoms with Gasteiger partial charge in [0.15, 0.2) is 0 Å². The normalized spacial score (nSPS) is 22.3. The van der Waals surface area contributed by atoms with E-state index >= 15 is 0 Å². The number of ether oxygens (including phenoxy) is 1. The molecule has 0 aromatic heterocycles. The Balaban J connectivity index is 1.19. The van der Waals surface area contributed by atoms with Gasteiger partial charge in [0, 0.05) is 18.4 Å². The zero-order chi connectivity index (χ0) is 24.4. The minimum absolute atomic E-state index is 0.0203. The van der Waals surface area contributed by atoms with Crippen LogP contribution in [0.15, 0.2) is 48.5 Å². The number of amides is 2. The van der Waals surface area contributed by atoms with Gasteiger partial charge in [-0.2, -0.15) is 0 Å². The fraction of sp³-hybridized carbons (Fsp3) is 0.464. The number of rotatable bonds is 7. The Kier molecular flexibility index (Phi) is 6.50. The van der Waals surface area contributed by atoms with Gasteiger partial charge >= 0.3 is 12.1 Å². The molecule has 0 radical (unpaired) electrons. The molecule has 2 atom stereocenters. The van der Waals surface area contributed by atoms with Crippen molar-refractivity contribution in [1.29, 1.82) is 0 Å². The van der Waals surface area contributed by atoms with Gasteiger partial charge in [-0.25, -0.2) is 4.79 Å². The first-order valence-electron chi connectivity index (χ1n) is 12.6. The molecule has 0 heterocycles. The van der Waals surface area contributed by atoms with Crippen LogP contribution in [-0.2, 0) is 14.3 Å². The summed E-state index contributed by atoms with van der Waals surface area (Å²) < 4.78 is 5.69. The predicted molar refractivity (Wildman–Crippen MR) is 131 cm³/mol. The highest BCUT2D eigenvalue weighted by atomic mass is 16.5. The molecule has 0 saturated heterocycles. The highest BCUT2D eigenvalue weighted by Gasteiger charge is 2.42. The SMILES string of the molecule is O=C(CC1(NC(=O)OCC2c3ccccc3-c3ccccc32)CCC1)NC1CCCCC1C(=O)O. The summed E-state index contributed by atoms with van der Waals surface area (Å²) in [4.78, 5) is 37.2. The Morgan fingerprint density at radius 2 is 1.54 bits per heavy atom. The van der Waals surface area contributed by atoms with Crippen molar-refractivity contribution in [3.63, 3.8) is 0 Å². The zero-order valence-electron chi connectivity index (χ0n) is 19.8. The van der Waals surface area contributed by atoms with E-state index in [0.717, 1.165) is 30.4 Å². The number of nitrogens with one attached hydrogen (secondary N) is 2. The summed E-state index contributed by atoms with van der Waals surface area (Å²) in [5.74, 6) is -1.62. The molecule has 7 nitrogen and oxygen atoms in total. The lowest BCUT2D eigenvalue weighted by molar-refractivity contribution is -0.144. The number of carbonyl (C=O) groups excluding carboxylic acids is 2. The minimum atomic E-state index is -0.856. The summed E-state index contributed by atoms with van der Waals surface area (Å²) in [7, 11) is 0. The highest BCUT2D eigenvalue weighted by molar-refractivity contribution is 5.81. The number of hydrogen-bond donors (Lipinski definition) is 3. The molecule has 0 spiro atoms. The van der Waals surface area contributed by atoms with Crippen molar-refractivity contribution in [3.05, 3.63) is 59.7 Å². The first-order valence-corrected chi connectivity index (χ1v) is 12.6. The maximum Gasteiger partial charge on any atom is 0.407 e. The van der Waals surface area contributed by atoms with E-state index in [4.69, 9.17) is 4.74 Å². The third kappa shape index (κ3) is 4.77. The molecular weight excluding hydrogens is 444 g/mol. The van der Waals surface area contributed by atoms with Crippen molar-refractivity contribution < 1.29 is 24.2 Å². The molecule has 3 aliphatic rings. The monoisotopic (exact) mass is 476 g/mol. The van der Waals surface area contributed by atoms with Crippen LogP contribution in [0.25, 0.3) is 11.1 Å². The lowest BCUT2D eigenvalue weighted by Gasteiger charge is -2.42. The van der Waals surface area contributed by atoms with Crippen molar-refractivity contribution in [2.45, 2.75) is 68.9 Å². The molecule has 7 heteroatoms. The van der Waals surface area contributed by atoms with E-state index in [1.54, 1.807) is 0 Å². The second kappa shape index (κ2) is 9.72. The molecule has 2 saturated carbocycles. The molecule has 0 aliphatic heterocycles. The first-order chi connectivity index (χ1) is 17.0. The maximum atomic E-state index is 12.8. The van der Waals surface area contributed by atoms with Crippen LogP contribution in [0.3, 0.4) is 0 Å². The van der Waals surface area contributed by atoms with E-state index in [0.29, 0.717) is 25.7 Å².